The highest BCUT2D eigenvalue weighted by Gasteiger charge is 2.47. The molecule has 2 aromatic rings. The number of aromatic nitrogens is 2. The molecular weight excluding hydrogens is 339 g/mol. The minimum absolute atomic E-state index is 0.162. The number of likely N-dealkylation sites (N-methyl/N-ethyl adjacent to an activating group) is 1. The van der Waals surface area contributed by atoms with Crippen LogP contribution in [0.1, 0.15) is 35.8 Å². The molecule has 0 atom stereocenters. The van der Waals surface area contributed by atoms with Crippen molar-refractivity contribution in [2.24, 2.45) is 0 Å². The fourth-order valence-corrected chi connectivity index (χ4v) is 3.72. The van der Waals surface area contributed by atoms with E-state index in [0.29, 0.717) is 44.7 Å². The quantitative estimate of drug-likeness (QED) is 0.824. The molecule has 138 valence electrons. The summed E-state index contributed by atoms with van der Waals surface area (Å²) in [5, 5.41) is 0. The molecule has 4 heterocycles. The molecule has 7 nitrogen and oxygen atoms in total. The second-order valence-corrected chi connectivity index (χ2v) is 7.04. The Morgan fingerprint density at radius 1 is 1.35 bits per heavy atom. The summed E-state index contributed by atoms with van der Waals surface area (Å²) in [6.07, 6.45) is 2.43. The molecule has 0 saturated carbocycles. The molecule has 0 aliphatic carbocycles. The van der Waals surface area contributed by atoms with E-state index < -0.39 is 17.5 Å². The number of nitrogens with zero attached hydrogens (tertiary/aromatic N) is 4. The van der Waals surface area contributed by atoms with Crippen molar-refractivity contribution in [1.29, 1.82) is 0 Å². The summed E-state index contributed by atoms with van der Waals surface area (Å²) in [4.78, 5) is 32.0. The maximum absolute atomic E-state index is 14.6. The van der Waals surface area contributed by atoms with Crippen molar-refractivity contribution in [3.8, 4) is 0 Å². The SMILES string of the molecule is CCN1CC2(CCN(C(=O)c3nc4ccc(C)cn4c3F)CC2)OC1=O. The number of likely N-dealkylation sites (tertiary alicyclic amines) is 1. The van der Waals surface area contributed by atoms with Crippen LogP contribution in [0.25, 0.3) is 5.65 Å². The van der Waals surface area contributed by atoms with Gasteiger partial charge >= 0.3 is 6.09 Å². The van der Waals surface area contributed by atoms with Crippen molar-refractivity contribution in [3.05, 3.63) is 35.5 Å². The zero-order valence-corrected chi connectivity index (χ0v) is 14.9. The molecule has 1 spiro atoms. The van der Waals surface area contributed by atoms with Gasteiger partial charge in [-0.1, -0.05) is 6.07 Å². The van der Waals surface area contributed by atoms with Gasteiger partial charge in [0.05, 0.1) is 6.54 Å². The summed E-state index contributed by atoms with van der Waals surface area (Å²) in [6.45, 7) is 5.74. The van der Waals surface area contributed by atoms with Crippen LogP contribution >= 0.6 is 0 Å². The first kappa shape index (κ1) is 16.8. The predicted molar refractivity (Wildman–Crippen MR) is 91.5 cm³/mol. The highest BCUT2D eigenvalue weighted by Crippen LogP contribution is 2.33. The highest BCUT2D eigenvalue weighted by molar-refractivity contribution is 5.93. The zero-order valence-electron chi connectivity index (χ0n) is 14.9. The van der Waals surface area contributed by atoms with Crippen LogP contribution in [0.5, 0.6) is 0 Å². The van der Waals surface area contributed by atoms with Gasteiger partial charge in [0, 0.05) is 38.7 Å². The smallest absolute Gasteiger partial charge is 0.410 e. The summed E-state index contributed by atoms with van der Waals surface area (Å²) in [5.74, 6) is -1.06. The zero-order chi connectivity index (χ0) is 18.5. The lowest BCUT2D eigenvalue weighted by Crippen LogP contribution is -2.49. The monoisotopic (exact) mass is 360 g/mol. The van der Waals surface area contributed by atoms with Crippen LogP contribution in [0.2, 0.25) is 0 Å². The van der Waals surface area contributed by atoms with Crippen LogP contribution in [-0.2, 0) is 4.74 Å². The molecule has 0 bridgehead atoms. The van der Waals surface area contributed by atoms with Gasteiger partial charge in [-0.25, -0.2) is 9.78 Å². The van der Waals surface area contributed by atoms with E-state index >= 15 is 0 Å². The molecule has 2 aliphatic rings. The number of ether oxygens (including phenoxy) is 1. The lowest BCUT2D eigenvalue weighted by molar-refractivity contribution is 0.00286. The number of halogens is 1. The molecular formula is C18H21FN4O3. The number of hydrogen-bond acceptors (Lipinski definition) is 4. The number of pyridine rings is 1. The normalized spacial score (nSPS) is 19.4. The third kappa shape index (κ3) is 2.60. The van der Waals surface area contributed by atoms with Gasteiger partial charge in [-0.05, 0) is 25.5 Å². The Bertz CT molecular complexity index is 886. The van der Waals surface area contributed by atoms with E-state index in [9.17, 15) is 14.0 Å². The number of imidazole rings is 1. The number of carbonyl (C=O) groups is 2. The van der Waals surface area contributed by atoms with Crippen molar-refractivity contribution >= 4 is 17.6 Å². The number of hydrogen-bond donors (Lipinski definition) is 0. The number of amides is 2. The van der Waals surface area contributed by atoms with E-state index in [1.165, 1.54) is 4.40 Å². The first-order valence-electron chi connectivity index (χ1n) is 8.84. The first-order valence-corrected chi connectivity index (χ1v) is 8.84. The highest BCUT2D eigenvalue weighted by atomic mass is 19.1. The van der Waals surface area contributed by atoms with Gasteiger partial charge in [0.25, 0.3) is 5.91 Å². The third-order valence-corrected chi connectivity index (χ3v) is 5.30. The summed E-state index contributed by atoms with van der Waals surface area (Å²) in [5.41, 5.74) is 0.605. The molecule has 0 N–H and O–H groups in total. The maximum atomic E-state index is 14.6. The minimum atomic E-state index is -0.640. The Morgan fingerprint density at radius 2 is 2.08 bits per heavy atom. The van der Waals surface area contributed by atoms with E-state index in [4.69, 9.17) is 4.74 Å². The number of rotatable bonds is 2. The Hall–Kier alpha value is -2.64. The fourth-order valence-electron chi connectivity index (χ4n) is 3.72. The van der Waals surface area contributed by atoms with Gasteiger partial charge in [-0.3, -0.25) is 9.20 Å². The van der Waals surface area contributed by atoms with E-state index in [1.54, 1.807) is 22.1 Å². The second kappa shape index (κ2) is 5.96. The minimum Gasteiger partial charge on any atom is -0.441 e. The van der Waals surface area contributed by atoms with Gasteiger partial charge in [-0.15, -0.1) is 0 Å². The number of piperidine rings is 1. The van der Waals surface area contributed by atoms with Crippen LogP contribution in [0.3, 0.4) is 0 Å². The second-order valence-electron chi connectivity index (χ2n) is 7.04. The van der Waals surface area contributed by atoms with E-state index in [-0.39, 0.29) is 11.8 Å². The summed E-state index contributed by atoms with van der Waals surface area (Å²) >= 11 is 0. The molecule has 2 saturated heterocycles. The molecule has 2 aromatic heterocycles. The molecule has 4 rings (SSSR count). The van der Waals surface area contributed by atoms with Gasteiger partial charge in [0.15, 0.2) is 5.69 Å². The van der Waals surface area contributed by atoms with Gasteiger partial charge in [-0.2, -0.15) is 4.39 Å². The standard InChI is InChI=1S/C18H21FN4O3/c1-3-21-11-18(26-17(21)25)6-8-22(9-7-18)16(24)14-15(19)23-10-12(2)4-5-13(23)20-14/h4-5,10H,3,6-9,11H2,1-2H3. The lowest BCUT2D eigenvalue weighted by Gasteiger charge is -2.37. The summed E-state index contributed by atoms with van der Waals surface area (Å²) < 4.78 is 21.5. The largest absolute Gasteiger partial charge is 0.441 e. The molecule has 0 aromatic carbocycles. The third-order valence-electron chi connectivity index (χ3n) is 5.30. The van der Waals surface area contributed by atoms with Crippen molar-refractivity contribution in [2.45, 2.75) is 32.3 Å². The van der Waals surface area contributed by atoms with Gasteiger partial charge in [0.1, 0.15) is 11.2 Å². The molecule has 26 heavy (non-hydrogen) atoms. The topological polar surface area (TPSA) is 67.2 Å². The number of aryl methyl sites for hydroxylation is 1. The van der Waals surface area contributed by atoms with Crippen molar-refractivity contribution in [1.82, 2.24) is 19.2 Å². The number of fused-ring (bicyclic) bond motifs is 1. The average Bonchev–Trinajstić information content (AvgIpc) is 3.12. The Labute approximate surface area is 150 Å². The summed E-state index contributed by atoms with van der Waals surface area (Å²) in [7, 11) is 0. The Balaban J connectivity index is 1.51. The molecule has 8 heteroatoms. The van der Waals surface area contributed by atoms with Crippen LogP contribution < -0.4 is 0 Å². The fraction of sp³-hybridized carbons (Fsp3) is 0.500. The van der Waals surface area contributed by atoms with Crippen LogP contribution in [0.4, 0.5) is 9.18 Å². The molecule has 2 aliphatic heterocycles. The van der Waals surface area contributed by atoms with E-state index in [0.717, 1.165) is 5.56 Å². The van der Waals surface area contributed by atoms with Crippen LogP contribution in [0, 0.1) is 12.9 Å². The van der Waals surface area contributed by atoms with Crippen molar-refractivity contribution < 1.29 is 18.7 Å². The van der Waals surface area contributed by atoms with Crippen LogP contribution in [0.15, 0.2) is 18.3 Å². The first-order chi connectivity index (χ1) is 12.4. The molecule has 2 amide bonds. The van der Waals surface area contributed by atoms with Gasteiger partial charge < -0.3 is 14.5 Å². The molecule has 2 fully saturated rings. The maximum Gasteiger partial charge on any atom is 0.410 e. The average molecular weight is 360 g/mol. The Kier molecular flexibility index (Phi) is 3.86. The summed E-state index contributed by atoms with van der Waals surface area (Å²) in [6, 6.07) is 3.52. The van der Waals surface area contributed by atoms with Crippen LogP contribution in [-0.4, -0.2) is 63.0 Å². The van der Waals surface area contributed by atoms with E-state index in [1.807, 2.05) is 19.9 Å². The van der Waals surface area contributed by atoms with E-state index in [2.05, 4.69) is 4.98 Å². The van der Waals surface area contributed by atoms with Crippen molar-refractivity contribution in [3.63, 3.8) is 0 Å². The van der Waals surface area contributed by atoms with Gasteiger partial charge in [0.2, 0.25) is 5.95 Å². The lowest BCUT2D eigenvalue weighted by atomic mass is 9.91. The predicted octanol–water partition coefficient (Wildman–Crippen LogP) is 2.23. The molecule has 0 radical (unpaired) electrons. The number of carbonyl (C=O) groups excluding carboxylic acids is 2. The Morgan fingerprint density at radius 3 is 2.73 bits per heavy atom. The van der Waals surface area contributed by atoms with Crippen molar-refractivity contribution in [2.75, 3.05) is 26.2 Å². The molecule has 0 unspecified atom stereocenters.